The van der Waals surface area contributed by atoms with Gasteiger partial charge in [0.25, 0.3) is 0 Å². The smallest absolute Gasteiger partial charge is 0.0790 e. The van der Waals surface area contributed by atoms with Gasteiger partial charge in [-0.1, -0.05) is 6.08 Å². The van der Waals surface area contributed by atoms with Gasteiger partial charge in [-0.25, -0.2) is 0 Å². The van der Waals surface area contributed by atoms with E-state index in [2.05, 4.69) is 4.99 Å². The van der Waals surface area contributed by atoms with Gasteiger partial charge in [0.15, 0.2) is 0 Å². The van der Waals surface area contributed by atoms with Crippen LogP contribution < -0.4 is 0 Å². The topological polar surface area (TPSA) is 36.2 Å². The SMILES string of the molecule is CC(=N)C1=CCCC=N1. The van der Waals surface area contributed by atoms with Crippen molar-refractivity contribution in [3.63, 3.8) is 0 Å². The molecule has 1 aliphatic rings. The van der Waals surface area contributed by atoms with E-state index in [1.807, 2.05) is 12.3 Å². The lowest BCUT2D eigenvalue weighted by Crippen LogP contribution is -1.96. The number of hydrogen-bond donors (Lipinski definition) is 1. The van der Waals surface area contributed by atoms with Crippen molar-refractivity contribution in [2.45, 2.75) is 19.8 Å². The van der Waals surface area contributed by atoms with Gasteiger partial charge in [-0.15, -0.1) is 0 Å². The molecule has 0 bridgehead atoms. The highest BCUT2D eigenvalue weighted by Crippen LogP contribution is 2.06. The molecule has 48 valence electrons. The molecule has 0 spiro atoms. The zero-order chi connectivity index (χ0) is 6.69. The summed E-state index contributed by atoms with van der Waals surface area (Å²) in [6.07, 6.45) is 5.93. The third kappa shape index (κ3) is 1.49. The number of rotatable bonds is 1. The van der Waals surface area contributed by atoms with E-state index in [1.165, 1.54) is 0 Å². The quantitative estimate of drug-likeness (QED) is 0.515. The largest absolute Gasteiger partial charge is 0.303 e. The van der Waals surface area contributed by atoms with Crippen molar-refractivity contribution in [3.05, 3.63) is 11.8 Å². The molecule has 1 rings (SSSR count). The molecule has 1 heterocycles. The van der Waals surface area contributed by atoms with Crippen LogP contribution in [0.25, 0.3) is 0 Å². The molecule has 2 heteroatoms. The maximum absolute atomic E-state index is 7.21. The van der Waals surface area contributed by atoms with Gasteiger partial charge in [-0.05, 0) is 19.8 Å². The van der Waals surface area contributed by atoms with Crippen molar-refractivity contribution in [1.82, 2.24) is 0 Å². The van der Waals surface area contributed by atoms with E-state index < -0.39 is 0 Å². The van der Waals surface area contributed by atoms with Gasteiger partial charge in [0, 0.05) is 6.21 Å². The standard InChI is InChI=1S/C7H10N2/c1-6(8)7-4-2-3-5-9-7/h4-5,8H,2-3H2,1H3. The molecule has 1 aliphatic heterocycles. The van der Waals surface area contributed by atoms with Crippen LogP contribution in [0.4, 0.5) is 0 Å². The van der Waals surface area contributed by atoms with E-state index in [0.29, 0.717) is 5.71 Å². The van der Waals surface area contributed by atoms with E-state index >= 15 is 0 Å². The minimum atomic E-state index is 0.561. The molecule has 0 aromatic carbocycles. The average Bonchev–Trinajstić information content (AvgIpc) is 1.90. The van der Waals surface area contributed by atoms with Crippen LogP contribution in [0.1, 0.15) is 19.8 Å². The van der Waals surface area contributed by atoms with Crippen LogP contribution in [0.5, 0.6) is 0 Å². The molecular weight excluding hydrogens is 112 g/mol. The van der Waals surface area contributed by atoms with Crippen molar-refractivity contribution in [1.29, 1.82) is 5.41 Å². The predicted octanol–water partition coefficient (Wildman–Crippen LogP) is 1.77. The van der Waals surface area contributed by atoms with Gasteiger partial charge >= 0.3 is 0 Å². The molecule has 0 aromatic rings. The molecular formula is C7H10N2. The van der Waals surface area contributed by atoms with E-state index in [1.54, 1.807) is 6.92 Å². The Balaban J connectivity index is 2.69. The molecule has 0 fully saturated rings. The first-order valence-electron chi connectivity index (χ1n) is 3.09. The molecule has 0 atom stereocenters. The minimum Gasteiger partial charge on any atom is -0.303 e. The van der Waals surface area contributed by atoms with Crippen LogP contribution in [0.15, 0.2) is 16.8 Å². The first-order valence-corrected chi connectivity index (χ1v) is 3.09. The van der Waals surface area contributed by atoms with Crippen LogP contribution >= 0.6 is 0 Å². The van der Waals surface area contributed by atoms with Gasteiger partial charge < -0.3 is 5.41 Å². The van der Waals surface area contributed by atoms with Crippen molar-refractivity contribution in [3.8, 4) is 0 Å². The predicted molar refractivity (Wildman–Crippen MR) is 39.2 cm³/mol. The number of hydrogen-bond acceptors (Lipinski definition) is 2. The Kier molecular flexibility index (Phi) is 1.78. The lowest BCUT2D eigenvalue weighted by atomic mass is 10.2. The van der Waals surface area contributed by atoms with Gasteiger partial charge in [0.2, 0.25) is 0 Å². The van der Waals surface area contributed by atoms with Crippen LogP contribution in [0, 0.1) is 5.41 Å². The van der Waals surface area contributed by atoms with E-state index in [4.69, 9.17) is 5.41 Å². The van der Waals surface area contributed by atoms with Crippen LogP contribution in [-0.4, -0.2) is 11.9 Å². The monoisotopic (exact) mass is 122 g/mol. The van der Waals surface area contributed by atoms with Crippen molar-refractivity contribution < 1.29 is 0 Å². The molecule has 0 radical (unpaired) electrons. The Morgan fingerprint density at radius 1 is 1.67 bits per heavy atom. The Labute approximate surface area is 54.8 Å². The summed E-state index contributed by atoms with van der Waals surface area (Å²) in [5.41, 5.74) is 1.40. The van der Waals surface area contributed by atoms with Crippen LogP contribution in [0.3, 0.4) is 0 Å². The summed E-state index contributed by atoms with van der Waals surface area (Å²) in [5.74, 6) is 0. The summed E-state index contributed by atoms with van der Waals surface area (Å²) in [6.45, 7) is 1.76. The summed E-state index contributed by atoms with van der Waals surface area (Å²) >= 11 is 0. The molecule has 0 aliphatic carbocycles. The maximum Gasteiger partial charge on any atom is 0.0790 e. The molecule has 0 saturated heterocycles. The Morgan fingerprint density at radius 3 is 2.78 bits per heavy atom. The first-order chi connectivity index (χ1) is 4.30. The normalized spacial score (nSPS) is 17.2. The van der Waals surface area contributed by atoms with E-state index in [-0.39, 0.29) is 0 Å². The Morgan fingerprint density at radius 2 is 2.44 bits per heavy atom. The van der Waals surface area contributed by atoms with Gasteiger partial charge in [0.1, 0.15) is 0 Å². The molecule has 2 nitrogen and oxygen atoms in total. The number of aliphatic imine (C=N–C) groups is 1. The zero-order valence-electron chi connectivity index (χ0n) is 5.52. The molecule has 0 saturated carbocycles. The van der Waals surface area contributed by atoms with Crippen LogP contribution in [-0.2, 0) is 0 Å². The molecule has 1 N–H and O–H groups in total. The lowest BCUT2D eigenvalue weighted by Gasteiger charge is -2.01. The number of nitrogens with one attached hydrogen (secondary N) is 1. The van der Waals surface area contributed by atoms with Crippen LogP contribution in [0.2, 0.25) is 0 Å². The maximum atomic E-state index is 7.21. The van der Waals surface area contributed by atoms with Crippen molar-refractivity contribution in [2.75, 3.05) is 0 Å². The fourth-order valence-electron chi connectivity index (χ4n) is 0.760. The van der Waals surface area contributed by atoms with Gasteiger partial charge in [-0.2, -0.15) is 0 Å². The Bertz CT molecular complexity index is 177. The summed E-state index contributed by atoms with van der Waals surface area (Å²) in [4.78, 5) is 4.04. The second-order valence-electron chi connectivity index (χ2n) is 2.10. The molecule has 0 amide bonds. The summed E-state index contributed by atoms with van der Waals surface area (Å²) in [6, 6.07) is 0. The lowest BCUT2D eigenvalue weighted by molar-refractivity contribution is 1.07. The highest BCUT2D eigenvalue weighted by Gasteiger charge is 1.98. The second kappa shape index (κ2) is 2.58. The highest BCUT2D eigenvalue weighted by atomic mass is 14.8. The second-order valence-corrected chi connectivity index (χ2v) is 2.10. The number of nitrogens with zero attached hydrogens (tertiary/aromatic N) is 1. The third-order valence-electron chi connectivity index (χ3n) is 1.25. The molecule has 0 aromatic heterocycles. The fraction of sp³-hybridized carbons (Fsp3) is 0.429. The first kappa shape index (κ1) is 6.20. The van der Waals surface area contributed by atoms with Crippen molar-refractivity contribution in [2.24, 2.45) is 4.99 Å². The summed E-state index contributed by atoms with van der Waals surface area (Å²) < 4.78 is 0. The van der Waals surface area contributed by atoms with E-state index in [9.17, 15) is 0 Å². The molecule has 9 heavy (non-hydrogen) atoms. The fourth-order valence-corrected chi connectivity index (χ4v) is 0.760. The zero-order valence-corrected chi connectivity index (χ0v) is 5.52. The highest BCUT2D eigenvalue weighted by molar-refractivity contribution is 5.97. The minimum absolute atomic E-state index is 0.561. The van der Waals surface area contributed by atoms with Gasteiger partial charge in [-0.3, -0.25) is 4.99 Å². The molecule has 0 unspecified atom stereocenters. The third-order valence-corrected chi connectivity index (χ3v) is 1.25. The average molecular weight is 122 g/mol. The summed E-state index contributed by atoms with van der Waals surface area (Å²) in [5, 5.41) is 7.21. The number of allylic oxidation sites excluding steroid dienone is 2. The van der Waals surface area contributed by atoms with Crippen molar-refractivity contribution >= 4 is 11.9 Å². The van der Waals surface area contributed by atoms with Gasteiger partial charge in [0.05, 0.1) is 11.4 Å². The summed E-state index contributed by atoms with van der Waals surface area (Å²) in [7, 11) is 0. The van der Waals surface area contributed by atoms with E-state index in [0.717, 1.165) is 18.5 Å². The Hall–Kier alpha value is -0.920.